The van der Waals surface area contributed by atoms with Crippen molar-refractivity contribution in [2.45, 2.75) is 18.8 Å². The maximum Gasteiger partial charge on any atom is 0.164 e. The molecule has 13 rings (SSSR count). The minimum Gasteiger partial charge on any atom is -0.456 e. The number of fused-ring (bicyclic) bond motifs is 10. The number of aryl methyl sites for hydroxylation is 1. The molecule has 0 fully saturated rings. The van der Waals surface area contributed by atoms with Gasteiger partial charge >= 0.3 is 0 Å². The smallest absolute Gasteiger partial charge is 0.164 e. The van der Waals surface area contributed by atoms with E-state index in [0.29, 0.717) is 17.5 Å². The fraction of sp³-hybridized carbons (Fsp3) is 0.0517. The second-order valence-electron chi connectivity index (χ2n) is 16.7. The predicted octanol–water partition coefficient (Wildman–Crippen LogP) is 14.8. The zero-order valence-corrected chi connectivity index (χ0v) is 34.2. The Hall–Kier alpha value is -8.15. The third kappa shape index (κ3) is 5.81. The molecule has 3 aromatic heterocycles. The van der Waals surface area contributed by atoms with Gasteiger partial charge in [-0.3, -0.25) is 0 Å². The molecular formula is C58H38N4O. The standard InChI is InChI=1S/C58H38N4O/c1-3-15-36(16-4-1)56-59-57(40-28-30-53-49(33-40)45-23-11-13-25-52(45)62(53)41-19-5-2-6-20-41)61-58(60-56)51-34-50-46-24-12-14-26-54(46)63-55(50)35-48(51)44-29-27-39-31-37-17-7-8-18-38(37)32-47(39)43-22-10-9-21-42(43)44/h1-26,28,30-35,44H,27,29H2. The summed E-state index contributed by atoms with van der Waals surface area (Å²) in [5, 5.41) is 6.95. The van der Waals surface area contributed by atoms with E-state index in [-0.39, 0.29) is 5.92 Å². The van der Waals surface area contributed by atoms with Crippen LogP contribution in [0.25, 0.3) is 105 Å². The van der Waals surface area contributed by atoms with Crippen LogP contribution in [0.4, 0.5) is 0 Å². The van der Waals surface area contributed by atoms with E-state index in [1.807, 2.05) is 24.3 Å². The summed E-state index contributed by atoms with van der Waals surface area (Å²) < 4.78 is 8.99. The molecule has 5 nitrogen and oxygen atoms in total. The molecule has 12 aromatic rings. The van der Waals surface area contributed by atoms with E-state index in [4.69, 9.17) is 19.4 Å². The Morgan fingerprint density at radius 3 is 1.94 bits per heavy atom. The molecule has 0 N–H and O–H groups in total. The quantitative estimate of drug-likeness (QED) is 0.174. The van der Waals surface area contributed by atoms with Gasteiger partial charge in [0, 0.05) is 49.8 Å². The number of rotatable bonds is 5. The molecule has 296 valence electrons. The summed E-state index contributed by atoms with van der Waals surface area (Å²) in [4.78, 5) is 16.1. The molecule has 0 saturated carbocycles. The monoisotopic (exact) mass is 806 g/mol. The Labute approximate surface area is 363 Å². The van der Waals surface area contributed by atoms with Crippen LogP contribution in [0.15, 0.2) is 205 Å². The summed E-state index contributed by atoms with van der Waals surface area (Å²) in [6.07, 6.45) is 1.83. The predicted molar refractivity (Wildman–Crippen MR) is 257 cm³/mol. The number of aromatic nitrogens is 4. The molecule has 0 radical (unpaired) electrons. The van der Waals surface area contributed by atoms with Crippen molar-refractivity contribution in [2.75, 3.05) is 0 Å². The van der Waals surface area contributed by atoms with Crippen molar-refractivity contribution in [3.8, 4) is 51.0 Å². The first-order valence-corrected chi connectivity index (χ1v) is 21.7. The average Bonchev–Trinajstić information content (AvgIpc) is 3.83. The molecule has 63 heavy (non-hydrogen) atoms. The van der Waals surface area contributed by atoms with E-state index in [1.54, 1.807) is 0 Å². The van der Waals surface area contributed by atoms with Crippen molar-refractivity contribution >= 4 is 54.5 Å². The second-order valence-corrected chi connectivity index (χ2v) is 16.7. The lowest BCUT2D eigenvalue weighted by Crippen LogP contribution is -2.07. The van der Waals surface area contributed by atoms with Gasteiger partial charge in [0.15, 0.2) is 17.5 Å². The van der Waals surface area contributed by atoms with Crippen molar-refractivity contribution in [2.24, 2.45) is 0 Å². The highest BCUT2D eigenvalue weighted by Crippen LogP contribution is 2.47. The zero-order valence-electron chi connectivity index (χ0n) is 34.2. The summed E-state index contributed by atoms with van der Waals surface area (Å²) in [5.74, 6) is 1.93. The van der Waals surface area contributed by atoms with Crippen LogP contribution < -0.4 is 0 Å². The van der Waals surface area contributed by atoms with Gasteiger partial charge < -0.3 is 8.98 Å². The summed E-state index contributed by atoms with van der Waals surface area (Å²) in [5.41, 5.74) is 14.3. The lowest BCUT2D eigenvalue weighted by molar-refractivity contribution is 0.665. The lowest BCUT2D eigenvalue weighted by Gasteiger charge is -2.22. The fourth-order valence-corrected chi connectivity index (χ4v) is 10.1. The minimum absolute atomic E-state index is 0.0326. The summed E-state index contributed by atoms with van der Waals surface area (Å²) in [6, 6.07) is 71.4. The van der Waals surface area contributed by atoms with Crippen LogP contribution in [0.5, 0.6) is 0 Å². The zero-order chi connectivity index (χ0) is 41.4. The normalized spacial score (nSPS) is 13.7. The molecule has 9 aromatic carbocycles. The van der Waals surface area contributed by atoms with Gasteiger partial charge in [-0.15, -0.1) is 0 Å². The SMILES string of the molecule is c1ccc(-c2nc(-c3ccc4c(c3)c3ccccc3n4-c3ccccc3)nc(-c3cc4c(cc3C3CCc5cc6ccccc6cc5-c5ccccc53)oc3ccccc34)n2)cc1. The maximum atomic E-state index is 6.65. The van der Waals surface area contributed by atoms with Crippen molar-refractivity contribution in [1.29, 1.82) is 0 Å². The third-order valence-corrected chi connectivity index (χ3v) is 13.1. The summed E-state index contributed by atoms with van der Waals surface area (Å²) in [6.45, 7) is 0. The largest absolute Gasteiger partial charge is 0.456 e. The van der Waals surface area contributed by atoms with Gasteiger partial charge in [0.05, 0.1) is 11.0 Å². The number of furan rings is 1. The Morgan fingerprint density at radius 2 is 1.08 bits per heavy atom. The van der Waals surface area contributed by atoms with Crippen molar-refractivity contribution in [3.05, 3.63) is 217 Å². The van der Waals surface area contributed by atoms with E-state index >= 15 is 0 Å². The fourth-order valence-electron chi connectivity index (χ4n) is 10.1. The third-order valence-electron chi connectivity index (χ3n) is 13.1. The topological polar surface area (TPSA) is 56.7 Å². The van der Waals surface area contributed by atoms with Crippen LogP contribution in [0.1, 0.15) is 29.0 Å². The molecule has 1 atom stereocenters. The number of nitrogens with zero attached hydrogens (tertiary/aromatic N) is 4. The molecular weight excluding hydrogens is 769 g/mol. The maximum absolute atomic E-state index is 6.65. The van der Waals surface area contributed by atoms with E-state index in [9.17, 15) is 0 Å². The van der Waals surface area contributed by atoms with Crippen molar-refractivity contribution < 1.29 is 4.42 Å². The van der Waals surface area contributed by atoms with Gasteiger partial charge in [0.25, 0.3) is 0 Å². The van der Waals surface area contributed by atoms with Crippen LogP contribution in [0, 0.1) is 0 Å². The minimum atomic E-state index is 0.0326. The molecule has 1 unspecified atom stereocenters. The first-order valence-electron chi connectivity index (χ1n) is 21.7. The van der Waals surface area contributed by atoms with Crippen LogP contribution in [0.2, 0.25) is 0 Å². The Kier molecular flexibility index (Phi) is 8.03. The lowest BCUT2D eigenvalue weighted by atomic mass is 9.82. The van der Waals surface area contributed by atoms with Gasteiger partial charge in [-0.2, -0.15) is 0 Å². The van der Waals surface area contributed by atoms with Gasteiger partial charge in [0.1, 0.15) is 11.2 Å². The molecule has 1 aliphatic rings. The van der Waals surface area contributed by atoms with Gasteiger partial charge in [-0.05, 0) is 112 Å². The van der Waals surface area contributed by atoms with Crippen LogP contribution in [-0.4, -0.2) is 19.5 Å². The summed E-state index contributed by atoms with van der Waals surface area (Å²) >= 11 is 0. The van der Waals surface area contributed by atoms with Gasteiger partial charge in [0.2, 0.25) is 0 Å². The number of para-hydroxylation sites is 3. The number of benzene rings is 9. The molecule has 0 amide bonds. The Bertz CT molecular complexity index is 3750. The van der Waals surface area contributed by atoms with Crippen molar-refractivity contribution in [3.63, 3.8) is 0 Å². The van der Waals surface area contributed by atoms with Gasteiger partial charge in [-0.25, -0.2) is 15.0 Å². The molecule has 5 heteroatoms. The van der Waals surface area contributed by atoms with E-state index in [2.05, 4.69) is 180 Å². The van der Waals surface area contributed by atoms with Crippen LogP contribution >= 0.6 is 0 Å². The van der Waals surface area contributed by atoms with Crippen LogP contribution in [0.3, 0.4) is 0 Å². The van der Waals surface area contributed by atoms with Crippen molar-refractivity contribution in [1.82, 2.24) is 19.5 Å². The first-order chi connectivity index (χ1) is 31.2. The first kappa shape index (κ1) is 35.6. The Morgan fingerprint density at radius 1 is 0.413 bits per heavy atom. The highest BCUT2D eigenvalue weighted by molar-refractivity contribution is 6.10. The second kappa shape index (κ2) is 14.2. The average molecular weight is 807 g/mol. The van der Waals surface area contributed by atoms with E-state index in [1.165, 1.54) is 38.4 Å². The molecule has 0 saturated heterocycles. The highest BCUT2D eigenvalue weighted by atomic mass is 16.3. The van der Waals surface area contributed by atoms with E-state index < -0.39 is 0 Å². The van der Waals surface area contributed by atoms with Crippen LogP contribution in [-0.2, 0) is 6.42 Å². The van der Waals surface area contributed by atoms with E-state index in [0.717, 1.165) is 79.1 Å². The molecule has 0 spiro atoms. The molecule has 3 heterocycles. The molecule has 0 aliphatic heterocycles. The van der Waals surface area contributed by atoms with Gasteiger partial charge in [-0.1, -0.05) is 140 Å². The number of hydrogen-bond acceptors (Lipinski definition) is 4. The Balaban J connectivity index is 1.05. The molecule has 1 aliphatic carbocycles. The molecule has 0 bridgehead atoms. The number of hydrogen-bond donors (Lipinski definition) is 0. The summed E-state index contributed by atoms with van der Waals surface area (Å²) in [7, 11) is 0. The highest BCUT2D eigenvalue weighted by Gasteiger charge is 2.29.